The van der Waals surface area contributed by atoms with Gasteiger partial charge >= 0.3 is 6.18 Å². The molecule has 5 rings (SSSR count). The molecule has 1 aliphatic rings. The number of rotatable bonds is 5. The van der Waals surface area contributed by atoms with E-state index in [0.717, 1.165) is 51.8 Å². The van der Waals surface area contributed by atoms with Gasteiger partial charge in [-0.3, -0.25) is 4.79 Å². The van der Waals surface area contributed by atoms with Gasteiger partial charge in [-0.1, -0.05) is 12.1 Å². The van der Waals surface area contributed by atoms with Gasteiger partial charge in [0.25, 0.3) is 5.91 Å². The molecule has 0 atom stereocenters. The minimum Gasteiger partial charge on any atom is -0.378 e. The van der Waals surface area contributed by atoms with E-state index in [-0.39, 0.29) is 12.5 Å². The van der Waals surface area contributed by atoms with E-state index in [2.05, 4.69) is 20.2 Å². The van der Waals surface area contributed by atoms with Gasteiger partial charge in [0.15, 0.2) is 0 Å². The van der Waals surface area contributed by atoms with Crippen molar-refractivity contribution in [2.45, 2.75) is 12.7 Å². The highest BCUT2D eigenvalue weighted by Gasteiger charge is 2.30. The Bertz CT molecular complexity index is 1350. The van der Waals surface area contributed by atoms with Crippen LogP contribution in [0.4, 0.5) is 19.0 Å². The highest BCUT2D eigenvalue weighted by atomic mass is 32.1. The Morgan fingerprint density at radius 1 is 1.09 bits per heavy atom. The summed E-state index contributed by atoms with van der Waals surface area (Å²) in [5.41, 5.74) is 1.70. The van der Waals surface area contributed by atoms with Gasteiger partial charge in [0, 0.05) is 37.0 Å². The molecular weight excluding hydrogens is 477 g/mol. The Hall–Kier alpha value is -3.50. The molecule has 0 bridgehead atoms. The molecule has 35 heavy (non-hydrogen) atoms. The summed E-state index contributed by atoms with van der Waals surface area (Å²) < 4.78 is 44.9. The molecule has 1 aliphatic heterocycles. The van der Waals surface area contributed by atoms with Crippen molar-refractivity contribution in [3.05, 3.63) is 77.5 Å². The number of hydrogen-bond donors (Lipinski definition) is 1. The summed E-state index contributed by atoms with van der Waals surface area (Å²) in [5, 5.41) is 3.48. The van der Waals surface area contributed by atoms with Crippen LogP contribution in [0.15, 0.2) is 60.8 Å². The number of ether oxygens (including phenoxy) is 1. The number of pyridine rings is 1. The largest absolute Gasteiger partial charge is 0.416 e. The summed E-state index contributed by atoms with van der Waals surface area (Å²) in [5.74, 6) is 0.536. The summed E-state index contributed by atoms with van der Waals surface area (Å²) in [7, 11) is 0. The predicted octanol–water partition coefficient (Wildman–Crippen LogP) is 5.14. The summed E-state index contributed by atoms with van der Waals surface area (Å²) >= 11 is 1.45. The average molecular weight is 499 g/mol. The van der Waals surface area contributed by atoms with Gasteiger partial charge in [0.1, 0.15) is 10.8 Å². The van der Waals surface area contributed by atoms with E-state index in [0.29, 0.717) is 24.3 Å². The van der Waals surface area contributed by atoms with Gasteiger partial charge in [-0.25, -0.2) is 9.97 Å². The number of carbonyl (C=O) groups excluding carboxylic acids is 1. The third kappa shape index (κ3) is 5.28. The molecule has 2 aromatic carbocycles. The molecule has 180 valence electrons. The van der Waals surface area contributed by atoms with Gasteiger partial charge in [-0.15, -0.1) is 11.3 Å². The second-order valence-corrected chi connectivity index (χ2v) is 9.12. The number of anilines is 1. The molecule has 0 spiro atoms. The normalized spacial score (nSPS) is 14.3. The molecule has 1 N–H and O–H groups in total. The first-order chi connectivity index (χ1) is 16.9. The van der Waals surface area contributed by atoms with E-state index in [4.69, 9.17) is 4.74 Å². The van der Waals surface area contributed by atoms with E-state index in [1.165, 1.54) is 17.4 Å². The molecule has 0 radical (unpaired) electrons. The Kier molecular flexibility index (Phi) is 6.40. The van der Waals surface area contributed by atoms with Gasteiger partial charge in [0.05, 0.1) is 29.0 Å². The Morgan fingerprint density at radius 3 is 2.66 bits per heavy atom. The molecule has 0 saturated carbocycles. The number of nitrogens with one attached hydrogen (secondary N) is 1. The number of benzene rings is 2. The molecule has 6 nitrogen and oxygen atoms in total. The van der Waals surface area contributed by atoms with Gasteiger partial charge < -0.3 is 15.0 Å². The number of amides is 1. The Balaban J connectivity index is 1.28. The van der Waals surface area contributed by atoms with Crippen LogP contribution in [0.2, 0.25) is 0 Å². The van der Waals surface area contributed by atoms with E-state index < -0.39 is 11.7 Å². The number of nitrogens with zero attached hydrogens (tertiary/aromatic N) is 3. The van der Waals surface area contributed by atoms with Crippen molar-refractivity contribution >= 4 is 33.3 Å². The zero-order chi connectivity index (χ0) is 24.4. The van der Waals surface area contributed by atoms with Crippen LogP contribution in [0.5, 0.6) is 0 Å². The molecule has 0 unspecified atom stereocenters. The Labute approximate surface area is 203 Å². The summed E-state index contributed by atoms with van der Waals surface area (Å²) in [6, 6.07) is 14.1. The third-order valence-electron chi connectivity index (χ3n) is 5.69. The Morgan fingerprint density at radius 2 is 1.91 bits per heavy atom. The standard InChI is InChI=1S/C25H21F3N4O2S/c26-25(27,28)19-3-1-2-16(12-19)14-30-23(33)17-4-6-20-21(13-17)35-24(31-20)18-5-7-22(29-15-18)32-8-10-34-11-9-32/h1-7,12-13,15H,8-11,14H2,(H,30,33). The molecule has 2 aromatic heterocycles. The lowest BCUT2D eigenvalue weighted by Crippen LogP contribution is -2.36. The van der Waals surface area contributed by atoms with Crippen LogP contribution in [0.3, 0.4) is 0 Å². The number of aromatic nitrogens is 2. The second kappa shape index (κ2) is 9.63. The molecule has 1 amide bonds. The monoisotopic (exact) mass is 498 g/mol. The first-order valence-corrected chi connectivity index (χ1v) is 11.8. The SMILES string of the molecule is O=C(NCc1cccc(C(F)(F)F)c1)c1ccc2nc(-c3ccc(N4CCOCC4)nc3)sc2c1. The fraction of sp³-hybridized carbons (Fsp3) is 0.240. The highest BCUT2D eigenvalue weighted by Crippen LogP contribution is 2.32. The lowest BCUT2D eigenvalue weighted by atomic mass is 10.1. The quantitative estimate of drug-likeness (QED) is 0.413. The van der Waals surface area contributed by atoms with E-state index in [1.807, 2.05) is 12.1 Å². The molecule has 1 fully saturated rings. The maximum atomic E-state index is 12.9. The molecule has 4 aromatic rings. The van der Waals surface area contributed by atoms with Crippen LogP contribution in [-0.4, -0.2) is 42.2 Å². The minimum atomic E-state index is -4.42. The summed E-state index contributed by atoms with van der Waals surface area (Å²) in [4.78, 5) is 24.0. The van der Waals surface area contributed by atoms with E-state index >= 15 is 0 Å². The van der Waals surface area contributed by atoms with Crippen LogP contribution in [-0.2, 0) is 17.5 Å². The van der Waals surface area contributed by atoms with E-state index in [9.17, 15) is 18.0 Å². The van der Waals surface area contributed by atoms with Crippen LogP contribution in [0.1, 0.15) is 21.5 Å². The average Bonchev–Trinajstić information content (AvgIpc) is 3.31. The van der Waals surface area contributed by atoms with Gasteiger partial charge in [0.2, 0.25) is 0 Å². The number of halogens is 3. The number of hydrogen-bond acceptors (Lipinski definition) is 6. The zero-order valence-electron chi connectivity index (χ0n) is 18.5. The lowest BCUT2D eigenvalue weighted by Gasteiger charge is -2.27. The minimum absolute atomic E-state index is 0.00408. The predicted molar refractivity (Wildman–Crippen MR) is 128 cm³/mol. The van der Waals surface area contributed by atoms with Crippen molar-refractivity contribution in [2.75, 3.05) is 31.2 Å². The van der Waals surface area contributed by atoms with Crippen molar-refractivity contribution in [1.82, 2.24) is 15.3 Å². The molecule has 10 heteroatoms. The lowest BCUT2D eigenvalue weighted by molar-refractivity contribution is -0.137. The summed E-state index contributed by atoms with van der Waals surface area (Å²) in [6.45, 7) is 3.00. The first-order valence-electron chi connectivity index (χ1n) is 11.0. The highest BCUT2D eigenvalue weighted by molar-refractivity contribution is 7.21. The molecule has 1 saturated heterocycles. The number of fused-ring (bicyclic) bond motifs is 1. The zero-order valence-corrected chi connectivity index (χ0v) is 19.3. The number of morpholine rings is 1. The maximum absolute atomic E-state index is 12.9. The van der Waals surface area contributed by atoms with Crippen LogP contribution in [0.25, 0.3) is 20.8 Å². The van der Waals surface area contributed by atoms with Gasteiger partial charge in [-0.05, 0) is 48.0 Å². The van der Waals surface area contributed by atoms with Crippen molar-refractivity contribution in [2.24, 2.45) is 0 Å². The van der Waals surface area contributed by atoms with Crippen LogP contribution >= 0.6 is 11.3 Å². The van der Waals surface area contributed by atoms with Crippen LogP contribution < -0.4 is 10.2 Å². The molecular formula is C25H21F3N4O2S. The van der Waals surface area contributed by atoms with Crippen molar-refractivity contribution in [3.8, 4) is 10.6 Å². The maximum Gasteiger partial charge on any atom is 0.416 e. The fourth-order valence-corrected chi connectivity index (χ4v) is 4.82. The van der Waals surface area contributed by atoms with E-state index in [1.54, 1.807) is 30.5 Å². The summed E-state index contributed by atoms with van der Waals surface area (Å²) in [6.07, 6.45) is -2.63. The van der Waals surface area contributed by atoms with Gasteiger partial charge in [-0.2, -0.15) is 13.2 Å². The van der Waals surface area contributed by atoms with Crippen molar-refractivity contribution in [3.63, 3.8) is 0 Å². The third-order valence-corrected chi connectivity index (χ3v) is 6.76. The number of thiazole rings is 1. The van der Waals surface area contributed by atoms with Crippen molar-refractivity contribution < 1.29 is 22.7 Å². The molecule has 0 aliphatic carbocycles. The second-order valence-electron chi connectivity index (χ2n) is 8.09. The number of alkyl halides is 3. The fourth-order valence-electron chi connectivity index (χ4n) is 3.82. The molecule has 3 heterocycles. The topological polar surface area (TPSA) is 67.4 Å². The van der Waals surface area contributed by atoms with Crippen molar-refractivity contribution in [1.29, 1.82) is 0 Å². The van der Waals surface area contributed by atoms with Crippen LogP contribution in [0, 0.1) is 0 Å². The smallest absolute Gasteiger partial charge is 0.378 e. The first kappa shape index (κ1) is 23.3. The number of carbonyl (C=O) groups is 1.